The third-order valence-corrected chi connectivity index (χ3v) is 1.23. The average molecular weight is 166 g/mol. The molecule has 7 nitrogen and oxygen atoms in total. The molecule has 58 valence electrons. The first-order valence-electron chi connectivity index (χ1n) is 2.38. The highest BCUT2D eigenvalue weighted by molar-refractivity contribution is 7.49. The van der Waals surface area contributed by atoms with Gasteiger partial charge in [-0.2, -0.15) is 0 Å². The van der Waals surface area contributed by atoms with Crippen LogP contribution in [0.5, 0.6) is 0 Å². The van der Waals surface area contributed by atoms with Gasteiger partial charge in [0.25, 0.3) is 0 Å². The summed E-state index contributed by atoms with van der Waals surface area (Å²) < 4.78 is 10.0. The molecule has 0 aliphatic carbocycles. The van der Waals surface area contributed by atoms with Crippen LogP contribution < -0.4 is 5.09 Å². The molecular weight excluding hydrogens is 159 g/mol. The summed E-state index contributed by atoms with van der Waals surface area (Å²) >= 11 is 0. The van der Waals surface area contributed by atoms with E-state index in [1.165, 1.54) is 0 Å². The molecular formula is C2H7N4O3P. The second-order valence-corrected chi connectivity index (χ2v) is 2.81. The second kappa shape index (κ2) is 4.27. The third kappa shape index (κ3) is 7.42. The Hall–Kier alpha value is -0.580. The van der Waals surface area contributed by atoms with Gasteiger partial charge in [-0.1, -0.05) is 5.11 Å². The predicted molar refractivity (Wildman–Crippen MR) is 34.1 cm³/mol. The molecule has 0 unspecified atom stereocenters. The first-order valence-corrected chi connectivity index (χ1v) is 3.99. The predicted octanol–water partition coefficient (Wildman–Crippen LogP) is -0.0210. The van der Waals surface area contributed by atoms with Gasteiger partial charge in [-0.25, -0.2) is 9.65 Å². The van der Waals surface area contributed by atoms with Gasteiger partial charge in [0.15, 0.2) is 0 Å². The smallest absolute Gasteiger partial charge is 0.313 e. The van der Waals surface area contributed by atoms with E-state index < -0.39 is 7.75 Å². The van der Waals surface area contributed by atoms with Crippen molar-refractivity contribution in [2.75, 3.05) is 13.1 Å². The molecule has 0 saturated heterocycles. The summed E-state index contributed by atoms with van der Waals surface area (Å²) in [6.45, 7) is 0.00987. The maximum atomic E-state index is 10.0. The lowest BCUT2D eigenvalue weighted by Crippen LogP contribution is -2.13. The largest absolute Gasteiger partial charge is 0.400 e. The first-order chi connectivity index (χ1) is 4.56. The summed E-state index contributed by atoms with van der Waals surface area (Å²) in [5, 5.41) is 4.91. The van der Waals surface area contributed by atoms with E-state index in [1.807, 2.05) is 5.09 Å². The minimum Gasteiger partial charge on any atom is -0.313 e. The summed E-state index contributed by atoms with van der Waals surface area (Å²) in [7, 11) is -4.14. The molecule has 0 aliphatic heterocycles. The highest BCUT2D eigenvalue weighted by Gasteiger charge is 2.08. The monoisotopic (exact) mass is 166 g/mol. The van der Waals surface area contributed by atoms with Crippen molar-refractivity contribution in [2.24, 2.45) is 5.11 Å². The Morgan fingerprint density at radius 1 is 1.70 bits per heavy atom. The Bertz CT molecular complexity index is 181. The Morgan fingerprint density at radius 3 is 2.70 bits per heavy atom. The maximum absolute atomic E-state index is 10.0. The van der Waals surface area contributed by atoms with E-state index >= 15 is 0 Å². The average Bonchev–Trinajstić information content (AvgIpc) is 1.78. The quantitative estimate of drug-likeness (QED) is 0.179. The van der Waals surface area contributed by atoms with Crippen LogP contribution in [-0.2, 0) is 4.57 Å². The van der Waals surface area contributed by atoms with Gasteiger partial charge in [0.05, 0.1) is 0 Å². The van der Waals surface area contributed by atoms with Crippen LogP contribution in [0, 0.1) is 0 Å². The molecule has 0 amide bonds. The highest BCUT2D eigenvalue weighted by Crippen LogP contribution is 2.26. The molecule has 0 aromatic carbocycles. The first kappa shape index (κ1) is 9.42. The fraction of sp³-hybridized carbons (Fsp3) is 1.00. The van der Waals surface area contributed by atoms with Crippen LogP contribution in [-0.4, -0.2) is 22.9 Å². The molecule has 0 saturated carbocycles. The molecule has 0 aliphatic rings. The number of rotatable bonds is 4. The topological polar surface area (TPSA) is 118 Å². The van der Waals surface area contributed by atoms with E-state index in [2.05, 4.69) is 10.0 Å². The van der Waals surface area contributed by atoms with Crippen molar-refractivity contribution in [3.05, 3.63) is 10.4 Å². The van der Waals surface area contributed by atoms with Crippen molar-refractivity contribution < 1.29 is 14.4 Å². The molecule has 0 fully saturated rings. The number of hydrogen-bond acceptors (Lipinski definition) is 2. The van der Waals surface area contributed by atoms with E-state index in [-0.39, 0.29) is 13.1 Å². The minimum atomic E-state index is -4.14. The molecule has 3 N–H and O–H groups in total. The van der Waals surface area contributed by atoms with Crippen LogP contribution in [0.1, 0.15) is 0 Å². The van der Waals surface area contributed by atoms with Crippen molar-refractivity contribution in [3.63, 3.8) is 0 Å². The zero-order chi connectivity index (χ0) is 8.04. The van der Waals surface area contributed by atoms with E-state index in [0.29, 0.717) is 0 Å². The van der Waals surface area contributed by atoms with E-state index in [9.17, 15) is 4.57 Å². The van der Waals surface area contributed by atoms with Crippen molar-refractivity contribution in [1.29, 1.82) is 0 Å². The van der Waals surface area contributed by atoms with Crippen molar-refractivity contribution in [2.45, 2.75) is 0 Å². The van der Waals surface area contributed by atoms with Crippen LogP contribution in [0.2, 0.25) is 0 Å². The number of nitrogens with zero attached hydrogens (tertiary/aromatic N) is 3. The number of hydrogen-bond donors (Lipinski definition) is 3. The Morgan fingerprint density at radius 2 is 2.30 bits per heavy atom. The van der Waals surface area contributed by atoms with Crippen molar-refractivity contribution in [3.8, 4) is 0 Å². The third-order valence-electron chi connectivity index (χ3n) is 0.593. The molecule has 0 aromatic heterocycles. The minimum absolute atomic E-state index is 0.0195. The molecule has 10 heavy (non-hydrogen) atoms. The lowest BCUT2D eigenvalue weighted by Gasteiger charge is -2.01. The Labute approximate surface area is 56.9 Å². The zero-order valence-corrected chi connectivity index (χ0v) is 5.90. The molecule has 8 heteroatoms. The van der Waals surface area contributed by atoms with Gasteiger partial charge in [-0.05, 0) is 5.53 Å². The van der Waals surface area contributed by atoms with Gasteiger partial charge in [0, 0.05) is 18.0 Å². The summed E-state index contributed by atoms with van der Waals surface area (Å²) in [4.78, 5) is 18.8. The fourth-order valence-electron chi connectivity index (χ4n) is 0.290. The van der Waals surface area contributed by atoms with E-state index in [0.717, 1.165) is 0 Å². The summed E-state index contributed by atoms with van der Waals surface area (Å²) in [5.41, 5.74) is 7.73. The molecule has 0 aromatic rings. The lowest BCUT2D eigenvalue weighted by atomic mass is 10.7. The second-order valence-electron chi connectivity index (χ2n) is 1.41. The van der Waals surface area contributed by atoms with E-state index in [1.54, 1.807) is 0 Å². The normalized spacial score (nSPS) is 10.6. The molecule has 0 atom stereocenters. The van der Waals surface area contributed by atoms with Crippen LogP contribution >= 0.6 is 7.75 Å². The van der Waals surface area contributed by atoms with Crippen LogP contribution in [0.3, 0.4) is 0 Å². The maximum Gasteiger partial charge on any atom is 0.400 e. The van der Waals surface area contributed by atoms with Gasteiger partial charge < -0.3 is 9.79 Å². The van der Waals surface area contributed by atoms with Gasteiger partial charge in [0.1, 0.15) is 0 Å². The summed E-state index contributed by atoms with van der Waals surface area (Å²) in [6, 6.07) is 0. The zero-order valence-electron chi connectivity index (χ0n) is 5.01. The van der Waals surface area contributed by atoms with Gasteiger partial charge in [0.2, 0.25) is 0 Å². The molecule has 0 spiro atoms. The van der Waals surface area contributed by atoms with Crippen LogP contribution in [0.4, 0.5) is 0 Å². The van der Waals surface area contributed by atoms with Crippen LogP contribution in [0.15, 0.2) is 5.11 Å². The number of nitrogens with one attached hydrogen (secondary N) is 1. The standard InChI is InChI=1S/C2H7N4O3P/c3-6-4-1-2-5-10(7,8)9/h1-2H2,(H3,5,7,8,9). The Kier molecular flexibility index (Phi) is 4.02. The number of azide groups is 1. The SMILES string of the molecule is [N-]=[N+]=NCCNP(=O)(O)O. The highest BCUT2D eigenvalue weighted by atomic mass is 31.2. The molecule has 0 heterocycles. The summed E-state index contributed by atoms with van der Waals surface area (Å²) in [6.07, 6.45) is 0. The molecule has 0 radical (unpaired) electrons. The molecule has 0 bridgehead atoms. The fourth-order valence-corrected chi connectivity index (χ4v) is 0.682. The summed E-state index contributed by atoms with van der Waals surface area (Å²) in [5.74, 6) is 0. The Balaban J connectivity index is 3.38. The van der Waals surface area contributed by atoms with Gasteiger partial charge in [-0.3, -0.25) is 0 Å². The van der Waals surface area contributed by atoms with Crippen LogP contribution in [0.25, 0.3) is 10.4 Å². The van der Waals surface area contributed by atoms with Gasteiger partial charge >= 0.3 is 7.75 Å². The van der Waals surface area contributed by atoms with E-state index in [4.69, 9.17) is 15.3 Å². The lowest BCUT2D eigenvalue weighted by molar-refractivity contribution is 0.358. The van der Waals surface area contributed by atoms with Crippen molar-refractivity contribution in [1.82, 2.24) is 5.09 Å². The van der Waals surface area contributed by atoms with Crippen molar-refractivity contribution >= 4 is 7.75 Å². The van der Waals surface area contributed by atoms with Gasteiger partial charge in [-0.15, -0.1) is 0 Å². The molecule has 0 rings (SSSR count).